The van der Waals surface area contributed by atoms with E-state index in [1.165, 1.54) is 18.4 Å². The lowest BCUT2D eigenvalue weighted by Crippen LogP contribution is -2.14. The van der Waals surface area contributed by atoms with Crippen molar-refractivity contribution in [3.05, 3.63) is 53.1 Å². The SMILES string of the molecule is CCN(C)C=Nc1cc(C)c(Oc2cccc(C3CC3)c2)cc1C. The van der Waals surface area contributed by atoms with Crippen LogP contribution >= 0.6 is 0 Å². The molecule has 3 rings (SSSR count). The molecule has 0 bridgehead atoms. The summed E-state index contributed by atoms with van der Waals surface area (Å²) in [4.78, 5) is 6.63. The van der Waals surface area contributed by atoms with E-state index in [-0.39, 0.29) is 0 Å². The van der Waals surface area contributed by atoms with Crippen LogP contribution in [0.4, 0.5) is 5.69 Å². The second-order valence-electron chi connectivity index (χ2n) is 6.67. The van der Waals surface area contributed by atoms with Crippen LogP contribution in [0.5, 0.6) is 11.5 Å². The van der Waals surface area contributed by atoms with Gasteiger partial charge in [-0.25, -0.2) is 4.99 Å². The van der Waals surface area contributed by atoms with E-state index in [2.05, 4.69) is 61.0 Å². The zero-order chi connectivity index (χ0) is 17.1. The number of hydrogen-bond donors (Lipinski definition) is 0. The highest BCUT2D eigenvalue weighted by Crippen LogP contribution is 2.41. The van der Waals surface area contributed by atoms with Crippen molar-refractivity contribution in [3.63, 3.8) is 0 Å². The monoisotopic (exact) mass is 322 g/mol. The van der Waals surface area contributed by atoms with Crippen LogP contribution in [0, 0.1) is 13.8 Å². The zero-order valence-electron chi connectivity index (χ0n) is 15.0. The molecule has 0 aliphatic heterocycles. The molecule has 0 radical (unpaired) electrons. The minimum atomic E-state index is 0.739. The largest absolute Gasteiger partial charge is 0.457 e. The van der Waals surface area contributed by atoms with E-state index >= 15 is 0 Å². The van der Waals surface area contributed by atoms with Crippen molar-refractivity contribution in [2.24, 2.45) is 4.99 Å². The Kier molecular flexibility index (Phi) is 4.89. The Morgan fingerprint density at radius 2 is 1.96 bits per heavy atom. The van der Waals surface area contributed by atoms with Gasteiger partial charge in [0.05, 0.1) is 12.0 Å². The molecule has 0 atom stereocenters. The van der Waals surface area contributed by atoms with Crippen LogP contribution in [0.15, 0.2) is 41.4 Å². The third-order valence-corrected chi connectivity index (χ3v) is 4.52. The molecule has 24 heavy (non-hydrogen) atoms. The maximum Gasteiger partial charge on any atom is 0.130 e. The summed E-state index contributed by atoms with van der Waals surface area (Å²) >= 11 is 0. The molecule has 2 aromatic carbocycles. The van der Waals surface area contributed by atoms with E-state index in [0.29, 0.717) is 0 Å². The van der Waals surface area contributed by atoms with Crippen molar-refractivity contribution >= 4 is 12.0 Å². The Hall–Kier alpha value is -2.29. The zero-order valence-corrected chi connectivity index (χ0v) is 15.0. The van der Waals surface area contributed by atoms with E-state index < -0.39 is 0 Å². The average molecular weight is 322 g/mol. The van der Waals surface area contributed by atoms with Gasteiger partial charge in [-0.15, -0.1) is 0 Å². The summed E-state index contributed by atoms with van der Waals surface area (Å²) in [6.45, 7) is 7.20. The highest BCUT2D eigenvalue weighted by molar-refractivity contribution is 5.64. The summed E-state index contributed by atoms with van der Waals surface area (Å²) in [5.74, 6) is 2.57. The fraction of sp³-hybridized carbons (Fsp3) is 0.381. The van der Waals surface area contributed by atoms with Crippen molar-refractivity contribution in [1.29, 1.82) is 0 Å². The van der Waals surface area contributed by atoms with E-state index in [0.717, 1.165) is 40.8 Å². The third-order valence-electron chi connectivity index (χ3n) is 4.52. The molecule has 126 valence electrons. The molecule has 1 aliphatic rings. The Morgan fingerprint density at radius 1 is 1.17 bits per heavy atom. The van der Waals surface area contributed by atoms with Crippen LogP contribution in [-0.2, 0) is 0 Å². The molecule has 0 heterocycles. The fourth-order valence-electron chi connectivity index (χ4n) is 2.64. The number of ether oxygens (including phenoxy) is 1. The van der Waals surface area contributed by atoms with E-state index in [9.17, 15) is 0 Å². The van der Waals surface area contributed by atoms with Crippen LogP contribution in [0.2, 0.25) is 0 Å². The van der Waals surface area contributed by atoms with Crippen LogP contribution < -0.4 is 4.74 Å². The molecule has 3 heteroatoms. The normalized spacial score (nSPS) is 14.2. The topological polar surface area (TPSA) is 24.8 Å². The van der Waals surface area contributed by atoms with Crippen molar-refractivity contribution < 1.29 is 4.74 Å². The van der Waals surface area contributed by atoms with Crippen LogP contribution in [0.1, 0.15) is 42.4 Å². The molecule has 1 aliphatic carbocycles. The molecular weight excluding hydrogens is 296 g/mol. The minimum absolute atomic E-state index is 0.739. The Labute approximate surface area is 145 Å². The number of hydrogen-bond acceptors (Lipinski definition) is 2. The van der Waals surface area contributed by atoms with Gasteiger partial charge in [-0.2, -0.15) is 0 Å². The lowest BCUT2D eigenvalue weighted by atomic mass is 10.1. The van der Waals surface area contributed by atoms with Crippen LogP contribution in [-0.4, -0.2) is 24.8 Å². The summed E-state index contributed by atoms with van der Waals surface area (Å²) in [5, 5.41) is 0. The molecule has 0 saturated heterocycles. The van der Waals surface area contributed by atoms with Crippen molar-refractivity contribution in [1.82, 2.24) is 4.90 Å². The lowest BCUT2D eigenvalue weighted by molar-refractivity contribution is 0.478. The summed E-state index contributed by atoms with van der Waals surface area (Å²) in [6.07, 6.45) is 4.49. The number of aryl methyl sites for hydroxylation is 2. The summed E-state index contributed by atoms with van der Waals surface area (Å²) in [5.41, 5.74) is 4.61. The molecule has 0 aromatic heterocycles. The van der Waals surface area contributed by atoms with Gasteiger partial charge in [0.1, 0.15) is 11.5 Å². The number of nitrogens with zero attached hydrogens (tertiary/aromatic N) is 2. The molecule has 0 N–H and O–H groups in total. The van der Waals surface area contributed by atoms with E-state index in [1.807, 2.05) is 19.5 Å². The Morgan fingerprint density at radius 3 is 2.67 bits per heavy atom. The van der Waals surface area contributed by atoms with Gasteiger partial charge >= 0.3 is 0 Å². The van der Waals surface area contributed by atoms with Gasteiger partial charge in [0.25, 0.3) is 0 Å². The summed E-state index contributed by atoms with van der Waals surface area (Å²) in [7, 11) is 2.02. The highest BCUT2D eigenvalue weighted by atomic mass is 16.5. The predicted molar refractivity (Wildman–Crippen MR) is 101 cm³/mol. The van der Waals surface area contributed by atoms with E-state index in [4.69, 9.17) is 4.74 Å². The molecule has 3 nitrogen and oxygen atoms in total. The fourth-order valence-corrected chi connectivity index (χ4v) is 2.64. The average Bonchev–Trinajstić information content (AvgIpc) is 3.41. The number of aliphatic imine (C=N–C) groups is 1. The predicted octanol–water partition coefficient (Wildman–Crippen LogP) is 5.58. The molecular formula is C21H26N2O. The van der Waals surface area contributed by atoms with Crippen LogP contribution in [0.25, 0.3) is 0 Å². The van der Waals surface area contributed by atoms with Crippen molar-refractivity contribution in [2.45, 2.75) is 39.5 Å². The van der Waals surface area contributed by atoms with Gasteiger partial charge in [-0.3, -0.25) is 0 Å². The maximum absolute atomic E-state index is 6.15. The Bertz CT molecular complexity index is 747. The smallest absolute Gasteiger partial charge is 0.130 e. The first-order valence-electron chi connectivity index (χ1n) is 8.70. The third kappa shape index (κ3) is 3.97. The minimum Gasteiger partial charge on any atom is -0.457 e. The van der Waals surface area contributed by atoms with Gasteiger partial charge in [0.15, 0.2) is 0 Å². The van der Waals surface area contributed by atoms with Crippen LogP contribution in [0.3, 0.4) is 0 Å². The standard InChI is InChI=1S/C21H26N2O/c1-5-23(4)14-22-20-11-16(3)21(12-15(20)2)24-19-8-6-7-18(13-19)17-9-10-17/h6-8,11-14,17H,5,9-10H2,1-4H3. The van der Waals surface area contributed by atoms with Gasteiger partial charge < -0.3 is 9.64 Å². The first kappa shape index (κ1) is 16.6. The lowest BCUT2D eigenvalue weighted by Gasteiger charge is -2.13. The summed E-state index contributed by atoms with van der Waals surface area (Å²) < 4.78 is 6.15. The second kappa shape index (κ2) is 7.08. The second-order valence-corrected chi connectivity index (χ2v) is 6.67. The van der Waals surface area contributed by atoms with Gasteiger partial charge in [0.2, 0.25) is 0 Å². The highest BCUT2D eigenvalue weighted by Gasteiger charge is 2.23. The molecule has 2 aromatic rings. The molecule has 1 fully saturated rings. The summed E-state index contributed by atoms with van der Waals surface area (Å²) in [6, 6.07) is 12.7. The molecule has 0 amide bonds. The van der Waals surface area contributed by atoms with Gasteiger partial charge in [-0.1, -0.05) is 12.1 Å². The number of rotatable bonds is 6. The van der Waals surface area contributed by atoms with Crippen molar-refractivity contribution in [2.75, 3.05) is 13.6 Å². The molecule has 1 saturated carbocycles. The Balaban J connectivity index is 1.80. The molecule has 0 spiro atoms. The first-order chi connectivity index (χ1) is 11.6. The van der Waals surface area contributed by atoms with Crippen molar-refractivity contribution in [3.8, 4) is 11.5 Å². The van der Waals surface area contributed by atoms with Gasteiger partial charge in [-0.05, 0) is 80.5 Å². The molecule has 0 unspecified atom stereocenters. The van der Waals surface area contributed by atoms with E-state index in [1.54, 1.807) is 0 Å². The number of benzene rings is 2. The maximum atomic E-state index is 6.15. The first-order valence-corrected chi connectivity index (χ1v) is 8.70. The van der Waals surface area contributed by atoms with Gasteiger partial charge in [0, 0.05) is 13.6 Å². The quantitative estimate of drug-likeness (QED) is 0.512.